The van der Waals surface area contributed by atoms with Gasteiger partial charge in [0.25, 0.3) is 5.91 Å². The lowest BCUT2D eigenvalue weighted by atomic mass is 10.1. The van der Waals surface area contributed by atoms with Crippen LogP contribution in [0.15, 0.2) is 35.7 Å². The minimum atomic E-state index is -3.55. The summed E-state index contributed by atoms with van der Waals surface area (Å²) in [6.45, 7) is 0.679. The fourth-order valence-electron chi connectivity index (χ4n) is 7.99. The molecule has 0 saturated carbocycles. The molecule has 1 aromatic carbocycles. The molecule has 7 atom stereocenters. The number of carbonyl (C=O) groups is 6. The number of nitrogens with one attached hydrogen (secondary N) is 3. The molecule has 2 bridgehead atoms. The number of nitrogens with zero attached hydrogens (tertiary/aromatic N) is 4. The lowest BCUT2D eigenvalue weighted by Gasteiger charge is -2.34. The zero-order chi connectivity index (χ0) is 40.1. The van der Waals surface area contributed by atoms with Crippen LogP contribution in [0.3, 0.4) is 0 Å². The largest absolute Gasteiger partial charge is 0.345 e. The molecule has 0 aliphatic carbocycles. The van der Waals surface area contributed by atoms with Crippen molar-refractivity contribution in [2.75, 3.05) is 43.7 Å². The Bertz CT molecular complexity index is 1960. The van der Waals surface area contributed by atoms with Crippen molar-refractivity contribution in [3.8, 4) is 0 Å². The Balaban J connectivity index is 1.38. The third-order valence-corrected chi connectivity index (χ3v) is 13.6. The quantitative estimate of drug-likeness (QED) is 0.332. The van der Waals surface area contributed by atoms with E-state index in [9.17, 15) is 41.4 Å². The van der Waals surface area contributed by atoms with Gasteiger partial charge < -0.3 is 30.7 Å². The molecular formula is C37H49N7O9S3. The van der Waals surface area contributed by atoms with Crippen LogP contribution in [-0.4, -0.2) is 142 Å². The van der Waals surface area contributed by atoms with Crippen LogP contribution in [0, 0.1) is 0 Å². The van der Waals surface area contributed by atoms with Crippen LogP contribution in [-0.2, 0) is 51.0 Å². The summed E-state index contributed by atoms with van der Waals surface area (Å²) in [4.78, 5) is 93.3. The molecule has 3 fully saturated rings. The van der Waals surface area contributed by atoms with Crippen molar-refractivity contribution >= 4 is 67.4 Å². The minimum Gasteiger partial charge on any atom is -0.345 e. The molecule has 3 saturated heterocycles. The van der Waals surface area contributed by atoms with Gasteiger partial charge >= 0.3 is 0 Å². The summed E-state index contributed by atoms with van der Waals surface area (Å²) in [5.74, 6) is -3.56. The SMILES string of the molecule is C[S@](=O)CC[C@@H]1NC(=O)c2csc(n2)[C@H](Cc2ccccc2)NC(=O)[C@@H]2CCCN2C(=O)[C@H](CCS(C)(=O)=O)NC(=O)[C@@H]2CCCN2C(=O)[C@@H]2CCCN2C1=O. The molecule has 0 unspecified atom stereocenters. The van der Waals surface area contributed by atoms with Gasteiger partial charge in [0, 0.05) is 54.1 Å². The second-order valence-corrected chi connectivity index (χ2v) is 19.7. The zero-order valence-electron chi connectivity index (χ0n) is 31.5. The number of thiazole rings is 1. The number of rotatable bonds is 8. The van der Waals surface area contributed by atoms with Gasteiger partial charge in [-0.3, -0.25) is 33.0 Å². The van der Waals surface area contributed by atoms with Gasteiger partial charge in [0.05, 0.1) is 11.8 Å². The highest BCUT2D eigenvalue weighted by Gasteiger charge is 2.45. The van der Waals surface area contributed by atoms with Crippen LogP contribution >= 0.6 is 11.3 Å². The van der Waals surface area contributed by atoms with Crippen LogP contribution in [0.1, 0.15) is 78.5 Å². The van der Waals surface area contributed by atoms with E-state index in [2.05, 4.69) is 20.9 Å². The summed E-state index contributed by atoms with van der Waals surface area (Å²) in [6, 6.07) is 3.43. The van der Waals surface area contributed by atoms with Crippen molar-refractivity contribution in [1.82, 2.24) is 35.6 Å². The molecule has 3 N–H and O–H groups in total. The van der Waals surface area contributed by atoms with E-state index in [4.69, 9.17) is 0 Å². The molecule has 0 spiro atoms. The number of carbonyl (C=O) groups excluding carboxylic acids is 6. The Kier molecular flexibility index (Phi) is 13.3. The molecule has 304 valence electrons. The number of hydrogen-bond donors (Lipinski definition) is 3. The number of aromatic nitrogens is 1. The van der Waals surface area contributed by atoms with Crippen LogP contribution in [0.25, 0.3) is 0 Å². The smallest absolute Gasteiger partial charge is 0.271 e. The molecular weight excluding hydrogens is 783 g/mol. The predicted molar refractivity (Wildman–Crippen MR) is 208 cm³/mol. The van der Waals surface area contributed by atoms with Crippen molar-refractivity contribution in [2.45, 2.75) is 94.0 Å². The number of sulfone groups is 1. The Morgan fingerprint density at radius 2 is 1.29 bits per heavy atom. The minimum absolute atomic E-state index is 0.0172. The number of hydrogen-bond acceptors (Lipinski definition) is 11. The molecule has 1 aromatic heterocycles. The van der Waals surface area contributed by atoms with Gasteiger partial charge in [0.15, 0.2) is 0 Å². The van der Waals surface area contributed by atoms with Gasteiger partial charge in [0.1, 0.15) is 50.7 Å². The lowest BCUT2D eigenvalue weighted by molar-refractivity contribution is -0.148. The first-order chi connectivity index (χ1) is 26.7. The fraction of sp³-hybridized carbons (Fsp3) is 0.595. The molecule has 0 radical (unpaired) electrons. The van der Waals surface area contributed by atoms with E-state index in [0.717, 1.165) is 23.2 Å². The van der Waals surface area contributed by atoms with Crippen molar-refractivity contribution in [1.29, 1.82) is 0 Å². The zero-order valence-corrected chi connectivity index (χ0v) is 34.0. The predicted octanol–water partition coefficient (Wildman–Crippen LogP) is 0.316. The average molecular weight is 832 g/mol. The standard InChI is InChI=1S/C37H49N7O9S3/c1-55(51)19-14-24-35(48)44-18-8-13-30(44)37(50)43-17-7-12-29(43)32(46)39-25(15-20-56(2,52)53)36(49)42-16-6-11-28(42)33(47)40-26(21-23-9-4-3-5-10-23)34-41-27(22-54-34)31(45)38-24/h3-5,9-10,22,24-26,28-30H,6-8,11-21H2,1-2H3,(H,38,45)(H,39,46)(H,40,47)/t24-,25-,26-,28-,29-,30-,55-/m0/s1. The maximum absolute atomic E-state index is 14.3. The Hall–Kier alpha value is -4.23. The van der Waals surface area contributed by atoms with Crippen LogP contribution in [0.5, 0.6) is 0 Å². The highest BCUT2D eigenvalue weighted by atomic mass is 32.2. The summed E-state index contributed by atoms with van der Waals surface area (Å²) in [7, 11) is -4.84. The third kappa shape index (κ3) is 9.82. The first kappa shape index (κ1) is 41.4. The van der Waals surface area contributed by atoms with Crippen molar-refractivity contribution in [3.63, 3.8) is 0 Å². The van der Waals surface area contributed by atoms with Gasteiger partial charge in [-0.05, 0) is 63.4 Å². The lowest BCUT2D eigenvalue weighted by Crippen LogP contribution is -2.58. The maximum Gasteiger partial charge on any atom is 0.271 e. The molecule has 4 aliphatic heterocycles. The van der Waals surface area contributed by atoms with E-state index in [-0.39, 0.29) is 43.9 Å². The number of amides is 6. The fourth-order valence-corrected chi connectivity index (χ4v) is 10.1. The normalized spacial score (nSPS) is 27.5. The monoisotopic (exact) mass is 831 g/mol. The van der Waals surface area contributed by atoms with E-state index >= 15 is 0 Å². The second-order valence-electron chi connectivity index (χ2n) is 15.0. The Morgan fingerprint density at radius 1 is 0.750 bits per heavy atom. The van der Waals surface area contributed by atoms with Gasteiger partial charge in [-0.15, -0.1) is 11.3 Å². The van der Waals surface area contributed by atoms with Gasteiger partial charge in [-0.2, -0.15) is 0 Å². The highest BCUT2D eigenvalue weighted by molar-refractivity contribution is 7.90. The van der Waals surface area contributed by atoms with E-state index in [0.29, 0.717) is 50.0 Å². The number of benzene rings is 1. The van der Waals surface area contributed by atoms with Gasteiger partial charge in [-0.1, -0.05) is 30.3 Å². The molecule has 16 nitrogen and oxygen atoms in total. The van der Waals surface area contributed by atoms with Crippen molar-refractivity contribution < 1.29 is 41.4 Å². The van der Waals surface area contributed by atoms with Crippen LogP contribution in [0.2, 0.25) is 0 Å². The molecule has 6 rings (SSSR count). The van der Waals surface area contributed by atoms with Crippen molar-refractivity contribution in [2.24, 2.45) is 0 Å². The van der Waals surface area contributed by atoms with E-state index in [1.165, 1.54) is 26.3 Å². The molecule has 56 heavy (non-hydrogen) atoms. The molecule has 6 amide bonds. The third-order valence-electron chi connectivity index (χ3n) is 10.8. The number of fused-ring (bicyclic) bond motifs is 5. The molecule has 5 heterocycles. The molecule has 2 aromatic rings. The summed E-state index contributed by atoms with van der Waals surface area (Å²) >= 11 is 1.15. The second kappa shape index (κ2) is 17.9. The van der Waals surface area contributed by atoms with Crippen LogP contribution < -0.4 is 16.0 Å². The highest BCUT2D eigenvalue weighted by Crippen LogP contribution is 2.28. The van der Waals surface area contributed by atoms with Gasteiger partial charge in [-0.25, -0.2) is 13.4 Å². The van der Waals surface area contributed by atoms with Crippen LogP contribution in [0.4, 0.5) is 0 Å². The Morgan fingerprint density at radius 3 is 1.88 bits per heavy atom. The summed E-state index contributed by atoms with van der Waals surface area (Å²) in [5.41, 5.74) is 0.893. The maximum atomic E-state index is 14.3. The van der Waals surface area contributed by atoms with E-state index in [1.807, 2.05) is 30.3 Å². The van der Waals surface area contributed by atoms with Crippen molar-refractivity contribution in [3.05, 3.63) is 52.0 Å². The first-order valence-corrected chi connectivity index (χ1v) is 23.7. The summed E-state index contributed by atoms with van der Waals surface area (Å²) in [6.07, 6.45) is 5.10. The topological polar surface area (TPSA) is 212 Å². The Labute approximate surface area is 332 Å². The van der Waals surface area contributed by atoms with E-state index in [1.54, 1.807) is 0 Å². The summed E-state index contributed by atoms with van der Waals surface area (Å²) < 4.78 is 36.8. The molecule has 4 aliphatic rings. The van der Waals surface area contributed by atoms with E-state index < -0.39 is 98.1 Å². The summed E-state index contributed by atoms with van der Waals surface area (Å²) in [5, 5.41) is 10.5. The molecule has 19 heteroatoms. The first-order valence-electron chi connectivity index (χ1n) is 19.0. The van der Waals surface area contributed by atoms with Gasteiger partial charge in [0.2, 0.25) is 29.5 Å². The average Bonchev–Trinajstić information content (AvgIpc) is 4.00.